The Labute approximate surface area is 138 Å². The number of carbonyl (C=O) groups is 1. The van der Waals surface area contributed by atoms with Crippen molar-refractivity contribution in [3.63, 3.8) is 0 Å². The molecule has 1 aliphatic heterocycles. The molecule has 1 unspecified atom stereocenters. The molecule has 22 heavy (non-hydrogen) atoms. The van der Waals surface area contributed by atoms with Crippen molar-refractivity contribution in [3.05, 3.63) is 45.0 Å². The lowest BCUT2D eigenvalue weighted by atomic mass is 9.93. The highest BCUT2D eigenvalue weighted by Gasteiger charge is 2.37. The monoisotopic (exact) mass is 339 g/mol. The van der Waals surface area contributed by atoms with Gasteiger partial charge in [0.2, 0.25) is 0 Å². The summed E-state index contributed by atoms with van der Waals surface area (Å²) in [5.74, 6) is -0.403. The van der Waals surface area contributed by atoms with Gasteiger partial charge in [-0.2, -0.15) is 0 Å². The molecule has 0 aliphatic carbocycles. The third kappa shape index (κ3) is 3.07. The maximum atomic E-state index is 11.2. The molecule has 2 aromatic heterocycles. The van der Waals surface area contributed by atoms with Crippen LogP contribution in [0.1, 0.15) is 40.8 Å². The summed E-state index contributed by atoms with van der Waals surface area (Å²) in [6.45, 7) is 3.72. The van der Waals surface area contributed by atoms with Gasteiger partial charge in [0.05, 0.1) is 17.8 Å². The largest absolute Gasteiger partial charge is 0.478 e. The second-order valence-electron chi connectivity index (χ2n) is 5.99. The Morgan fingerprint density at radius 2 is 2.41 bits per heavy atom. The van der Waals surface area contributed by atoms with Gasteiger partial charge in [-0.25, -0.2) is 4.79 Å². The molecule has 0 amide bonds. The van der Waals surface area contributed by atoms with Crippen molar-refractivity contribution in [1.82, 2.24) is 4.90 Å². The predicted molar refractivity (Wildman–Crippen MR) is 86.7 cm³/mol. The second kappa shape index (κ2) is 6.07. The summed E-state index contributed by atoms with van der Waals surface area (Å²) in [7, 11) is 0. The molecule has 3 rings (SSSR count). The average molecular weight is 340 g/mol. The molecule has 1 fully saturated rings. The maximum Gasteiger partial charge on any atom is 0.339 e. The van der Waals surface area contributed by atoms with E-state index in [1.807, 2.05) is 11.4 Å². The van der Waals surface area contributed by atoms with E-state index in [0.717, 1.165) is 30.8 Å². The van der Waals surface area contributed by atoms with Crippen LogP contribution in [0.15, 0.2) is 28.2 Å². The smallest absolute Gasteiger partial charge is 0.339 e. The number of carboxylic acid groups (broad SMARTS) is 1. The van der Waals surface area contributed by atoms with Gasteiger partial charge in [0.15, 0.2) is 0 Å². The molecule has 3 heterocycles. The minimum Gasteiger partial charge on any atom is -0.478 e. The van der Waals surface area contributed by atoms with E-state index in [4.69, 9.17) is 16.0 Å². The van der Waals surface area contributed by atoms with E-state index in [1.54, 1.807) is 11.3 Å². The first-order valence-corrected chi connectivity index (χ1v) is 8.51. The van der Waals surface area contributed by atoms with Gasteiger partial charge in [0, 0.05) is 15.8 Å². The number of hydrogen-bond donors (Lipinski definition) is 1. The van der Waals surface area contributed by atoms with Crippen LogP contribution >= 0.6 is 22.9 Å². The Kier molecular flexibility index (Phi) is 4.30. The van der Waals surface area contributed by atoms with Crippen LogP contribution in [0.25, 0.3) is 0 Å². The molecular formula is C16H18ClNO3S. The summed E-state index contributed by atoms with van der Waals surface area (Å²) in [6.07, 6.45) is 4.57. The highest BCUT2D eigenvalue weighted by Crippen LogP contribution is 2.36. The van der Waals surface area contributed by atoms with Crippen LogP contribution in [-0.4, -0.2) is 28.1 Å². The van der Waals surface area contributed by atoms with E-state index >= 15 is 0 Å². The summed E-state index contributed by atoms with van der Waals surface area (Å²) in [6, 6.07) is 3.54. The molecule has 0 spiro atoms. The summed E-state index contributed by atoms with van der Waals surface area (Å²) in [4.78, 5) is 14.8. The van der Waals surface area contributed by atoms with E-state index in [-0.39, 0.29) is 11.1 Å². The number of aromatic carboxylic acids is 1. The number of thiophene rings is 1. The van der Waals surface area contributed by atoms with Crippen molar-refractivity contribution in [2.45, 2.75) is 38.3 Å². The number of nitrogens with zero attached hydrogens (tertiary/aromatic N) is 1. The van der Waals surface area contributed by atoms with Crippen molar-refractivity contribution in [1.29, 1.82) is 0 Å². The molecule has 1 saturated heterocycles. The molecule has 0 radical (unpaired) electrons. The summed E-state index contributed by atoms with van der Waals surface area (Å²) in [5, 5.41) is 11.9. The fourth-order valence-corrected chi connectivity index (χ4v) is 4.45. The van der Waals surface area contributed by atoms with Gasteiger partial charge in [0.1, 0.15) is 11.3 Å². The first-order chi connectivity index (χ1) is 10.5. The molecule has 4 nitrogen and oxygen atoms in total. The summed E-state index contributed by atoms with van der Waals surface area (Å²) < 4.78 is 5.39. The van der Waals surface area contributed by atoms with Gasteiger partial charge in [-0.3, -0.25) is 4.90 Å². The average Bonchev–Trinajstić information content (AvgIpc) is 3.13. The molecule has 0 aromatic carbocycles. The van der Waals surface area contributed by atoms with Gasteiger partial charge in [-0.1, -0.05) is 11.6 Å². The standard InChI is InChI=1S/C16H18ClNO3S/c1-16(8-12-7-11(17)10-22-12)4-2-5-18(16)9-14-13(15(19)20)3-6-21-14/h3,6-7,10H,2,4-5,8-9H2,1H3,(H,19,20). The van der Waals surface area contributed by atoms with Crippen LogP contribution in [0.5, 0.6) is 0 Å². The van der Waals surface area contributed by atoms with Crippen LogP contribution in [0.4, 0.5) is 0 Å². The summed E-state index contributed by atoms with van der Waals surface area (Å²) >= 11 is 7.69. The molecule has 0 bridgehead atoms. The van der Waals surface area contributed by atoms with Gasteiger partial charge in [-0.15, -0.1) is 11.3 Å². The second-order valence-corrected chi connectivity index (χ2v) is 7.42. The van der Waals surface area contributed by atoms with Gasteiger partial charge in [0.25, 0.3) is 0 Å². The zero-order valence-corrected chi connectivity index (χ0v) is 13.9. The number of likely N-dealkylation sites (tertiary alicyclic amines) is 1. The minimum absolute atomic E-state index is 0.0107. The number of furan rings is 1. The van der Waals surface area contributed by atoms with Gasteiger partial charge in [-0.05, 0) is 44.9 Å². The Balaban J connectivity index is 1.77. The van der Waals surface area contributed by atoms with Crippen molar-refractivity contribution in [2.24, 2.45) is 0 Å². The summed E-state index contributed by atoms with van der Waals surface area (Å²) in [5.41, 5.74) is 0.268. The van der Waals surface area contributed by atoms with E-state index in [2.05, 4.69) is 11.8 Å². The van der Waals surface area contributed by atoms with Crippen molar-refractivity contribution >= 4 is 28.9 Å². The highest BCUT2D eigenvalue weighted by molar-refractivity contribution is 7.10. The van der Waals surface area contributed by atoms with Crippen LogP contribution in [0.2, 0.25) is 5.02 Å². The first kappa shape index (κ1) is 15.6. The number of halogens is 1. The lowest BCUT2D eigenvalue weighted by Crippen LogP contribution is -2.42. The van der Waals surface area contributed by atoms with Crippen LogP contribution in [0.3, 0.4) is 0 Å². The molecular weight excluding hydrogens is 322 g/mol. The van der Waals surface area contributed by atoms with Crippen LogP contribution in [-0.2, 0) is 13.0 Å². The molecule has 6 heteroatoms. The molecule has 1 atom stereocenters. The lowest BCUT2D eigenvalue weighted by Gasteiger charge is -2.34. The Bertz CT molecular complexity index is 680. The topological polar surface area (TPSA) is 53.7 Å². The Morgan fingerprint density at radius 1 is 1.59 bits per heavy atom. The van der Waals surface area contributed by atoms with E-state index in [0.29, 0.717) is 12.3 Å². The van der Waals surface area contributed by atoms with Gasteiger partial charge < -0.3 is 9.52 Å². The minimum atomic E-state index is -0.935. The Morgan fingerprint density at radius 3 is 3.09 bits per heavy atom. The van der Waals surface area contributed by atoms with Crippen LogP contribution in [0, 0.1) is 0 Å². The molecule has 1 aliphatic rings. The first-order valence-electron chi connectivity index (χ1n) is 7.25. The lowest BCUT2D eigenvalue weighted by molar-refractivity contribution is 0.0689. The van der Waals surface area contributed by atoms with Crippen LogP contribution < -0.4 is 0 Å². The normalized spacial score (nSPS) is 22.3. The zero-order chi connectivity index (χ0) is 15.7. The fraction of sp³-hybridized carbons (Fsp3) is 0.438. The molecule has 118 valence electrons. The van der Waals surface area contributed by atoms with Crippen molar-refractivity contribution in [2.75, 3.05) is 6.54 Å². The number of rotatable bonds is 5. The zero-order valence-electron chi connectivity index (χ0n) is 12.3. The number of carboxylic acids is 1. The quantitative estimate of drug-likeness (QED) is 0.882. The van der Waals surface area contributed by atoms with Crippen molar-refractivity contribution in [3.8, 4) is 0 Å². The third-order valence-corrected chi connectivity index (χ3v) is 5.68. The molecule has 2 aromatic rings. The molecule has 1 N–H and O–H groups in total. The molecule has 0 saturated carbocycles. The fourth-order valence-electron chi connectivity index (χ4n) is 3.20. The van der Waals surface area contributed by atoms with E-state index in [9.17, 15) is 9.90 Å². The predicted octanol–water partition coefficient (Wildman–Crippen LogP) is 4.29. The Hall–Kier alpha value is -1.30. The van der Waals surface area contributed by atoms with Crippen molar-refractivity contribution < 1.29 is 14.3 Å². The maximum absolute atomic E-state index is 11.2. The third-order valence-electron chi connectivity index (χ3n) is 4.39. The van der Waals surface area contributed by atoms with E-state index < -0.39 is 5.97 Å². The number of hydrogen-bond acceptors (Lipinski definition) is 4. The SMILES string of the molecule is CC1(Cc2cc(Cl)cs2)CCCN1Cc1occc1C(=O)O. The van der Waals surface area contributed by atoms with Gasteiger partial charge >= 0.3 is 5.97 Å². The van der Waals surface area contributed by atoms with E-state index in [1.165, 1.54) is 17.2 Å². The highest BCUT2D eigenvalue weighted by atomic mass is 35.5.